The third kappa shape index (κ3) is 4.02. The molecule has 0 fully saturated rings. The molecular weight excluding hydrogens is 394 g/mol. The first-order valence-corrected chi connectivity index (χ1v) is 9.08. The number of nitrogens with zero attached hydrogens (tertiary/aromatic N) is 2. The first kappa shape index (κ1) is 18.3. The van der Waals surface area contributed by atoms with Gasteiger partial charge in [0.1, 0.15) is 6.54 Å². The van der Waals surface area contributed by atoms with Crippen LogP contribution in [-0.4, -0.2) is 15.5 Å². The molecule has 0 spiro atoms. The second-order valence-electron chi connectivity index (χ2n) is 7.21. The van der Waals surface area contributed by atoms with E-state index in [1.165, 1.54) is 16.5 Å². The smallest absolute Gasteiger partial charge is 0.261 e. The van der Waals surface area contributed by atoms with E-state index >= 15 is 0 Å². The highest BCUT2D eigenvalue weighted by Gasteiger charge is 2.13. The molecule has 1 N–H and O–H groups in total. The number of rotatable bonds is 3. The van der Waals surface area contributed by atoms with Gasteiger partial charge in [-0.25, -0.2) is 4.98 Å². The van der Waals surface area contributed by atoms with Crippen molar-refractivity contribution in [1.82, 2.24) is 9.55 Å². The summed E-state index contributed by atoms with van der Waals surface area (Å²) in [6, 6.07) is 13.0. The van der Waals surface area contributed by atoms with Crippen molar-refractivity contribution >= 4 is 38.4 Å². The fourth-order valence-electron chi connectivity index (χ4n) is 2.65. The van der Waals surface area contributed by atoms with Crippen LogP contribution >= 0.6 is 15.9 Å². The minimum atomic E-state index is -0.272. The van der Waals surface area contributed by atoms with Crippen LogP contribution in [-0.2, 0) is 16.8 Å². The van der Waals surface area contributed by atoms with E-state index in [2.05, 4.69) is 47.0 Å². The van der Waals surface area contributed by atoms with Gasteiger partial charge in [0, 0.05) is 10.2 Å². The molecule has 0 aliphatic rings. The maximum absolute atomic E-state index is 12.5. The second kappa shape index (κ2) is 7.03. The van der Waals surface area contributed by atoms with Crippen molar-refractivity contribution in [2.75, 3.05) is 5.32 Å². The Hall–Kier alpha value is -2.47. The Balaban J connectivity index is 1.77. The number of anilines is 1. The van der Waals surface area contributed by atoms with Crippen molar-refractivity contribution in [2.24, 2.45) is 0 Å². The number of halogens is 1. The van der Waals surface area contributed by atoms with E-state index in [1.54, 1.807) is 12.1 Å². The van der Waals surface area contributed by atoms with E-state index in [9.17, 15) is 9.59 Å². The Morgan fingerprint density at radius 2 is 1.85 bits per heavy atom. The van der Waals surface area contributed by atoms with E-state index in [0.717, 1.165) is 4.47 Å². The van der Waals surface area contributed by atoms with E-state index in [0.29, 0.717) is 16.6 Å². The molecule has 0 saturated carbocycles. The van der Waals surface area contributed by atoms with Crippen LogP contribution < -0.4 is 10.9 Å². The van der Waals surface area contributed by atoms with Gasteiger partial charge in [0.25, 0.3) is 5.56 Å². The molecule has 3 rings (SSSR count). The number of carbonyl (C=O) groups is 1. The maximum Gasteiger partial charge on any atom is 0.261 e. The topological polar surface area (TPSA) is 64.0 Å². The first-order chi connectivity index (χ1) is 12.2. The predicted octanol–water partition coefficient (Wildman–Crippen LogP) is 4.10. The highest BCUT2D eigenvalue weighted by Crippen LogP contribution is 2.23. The SMILES string of the molecule is CC(C)(C)c1ccc(NC(=O)Cn2cnc3ccc(Br)cc3c2=O)cc1. The van der Waals surface area contributed by atoms with E-state index < -0.39 is 0 Å². The molecule has 134 valence electrons. The highest BCUT2D eigenvalue weighted by molar-refractivity contribution is 9.10. The van der Waals surface area contributed by atoms with Crippen LogP contribution in [0.25, 0.3) is 10.9 Å². The lowest BCUT2D eigenvalue weighted by atomic mass is 9.87. The predicted molar refractivity (Wildman–Crippen MR) is 107 cm³/mol. The second-order valence-corrected chi connectivity index (χ2v) is 8.13. The van der Waals surface area contributed by atoms with Crippen LogP contribution in [0.2, 0.25) is 0 Å². The zero-order valence-corrected chi connectivity index (χ0v) is 16.5. The third-order valence-corrected chi connectivity index (χ3v) is 4.63. The van der Waals surface area contributed by atoms with Gasteiger partial charge < -0.3 is 5.32 Å². The molecule has 0 aliphatic heterocycles. The van der Waals surface area contributed by atoms with Crippen LogP contribution in [0.4, 0.5) is 5.69 Å². The molecule has 2 aromatic carbocycles. The van der Waals surface area contributed by atoms with Crippen molar-refractivity contribution in [3.05, 3.63) is 69.2 Å². The molecule has 1 heterocycles. The summed E-state index contributed by atoms with van der Waals surface area (Å²) in [6.45, 7) is 6.32. The normalized spacial score (nSPS) is 11.5. The standard InChI is InChI=1S/C20H20BrN3O2/c1-20(2,3)13-4-7-15(8-5-13)23-18(25)11-24-12-22-17-9-6-14(21)10-16(17)19(24)26/h4-10,12H,11H2,1-3H3,(H,23,25). The van der Waals surface area contributed by atoms with Crippen molar-refractivity contribution < 1.29 is 4.79 Å². The van der Waals surface area contributed by atoms with Crippen LogP contribution in [0.15, 0.2) is 58.1 Å². The number of aromatic nitrogens is 2. The van der Waals surface area contributed by atoms with Gasteiger partial charge in [-0.2, -0.15) is 0 Å². The lowest BCUT2D eigenvalue weighted by molar-refractivity contribution is -0.116. The Morgan fingerprint density at radius 1 is 1.15 bits per heavy atom. The average Bonchev–Trinajstić information content (AvgIpc) is 2.57. The zero-order chi connectivity index (χ0) is 18.9. The van der Waals surface area contributed by atoms with E-state index in [-0.39, 0.29) is 23.4 Å². The fourth-order valence-corrected chi connectivity index (χ4v) is 3.01. The van der Waals surface area contributed by atoms with Crippen molar-refractivity contribution in [3.8, 4) is 0 Å². The number of nitrogens with one attached hydrogen (secondary N) is 1. The molecule has 0 atom stereocenters. The quantitative estimate of drug-likeness (QED) is 0.702. The number of hydrogen-bond donors (Lipinski definition) is 1. The minimum absolute atomic E-state index is 0.0564. The Morgan fingerprint density at radius 3 is 2.50 bits per heavy atom. The van der Waals surface area contributed by atoms with Crippen molar-refractivity contribution in [2.45, 2.75) is 32.7 Å². The van der Waals surface area contributed by atoms with Gasteiger partial charge in [0.15, 0.2) is 0 Å². The summed E-state index contributed by atoms with van der Waals surface area (Å²) < 4.78 is 2.11. The lowest BCUT2D eigenvalue weighted by Crippen LogP contribution is -2.28. The van der Waals surface area contributed by atoms with Gasteiger partial charge in [0.2, 0.25) is 5.91 Å². The monoisotopic (exact) mass is 413 g/mol. The Labute approximate surface area is 160 Å². The van der Waals surface area contributed by atoms with Crippen molar-refractivity contribution in [1.29, 1.82) is 0 Å². The number of fused-ring (bicyclic) bond motifs is 1. The lowest BCUT2D eigenvalue weighted by Gasteiger charge is -2.19. The molecule has 0 unspecified atom stereocenters. The van der Waals surface area contributed by atoms with E-state index in [4.69, 9.17) is 0 Å². The molecule has 1 amide bonds. The zero-order valence-electron chi connectivity index (χ0n) is 14.9. The molecular formula is C20H20BrN3O2. The summed E-state index contributed by atoms with van der Waals surface area (Å²) in [5, 5.41) is 3.30. The molecule has 0 radical (unpaired) electrons. The summed E-state index contributed by atoms with van der Waals surface area (Å²) in [6.07, 6.45) is 1.40. The molecule has 0 bridgehead atoms. The molecule has 0 aliphatic carbocycles. The Kier molecular flexibility index (Phi) is 4.96. The summed E-state index contributed by atoms with van der Waals surface area (Å²) in [7, 11) is 0. The maximum atomic E-state index is 12.5. The van der Waals surface area contributed by atoms with Crippen molar-refractivity contribution in [3.63, 3.8) is 0 Å². The largest absolute Gasteiger partial charge is 0.325 e. The van der Waals surface area contributed by atoms with Crippen LogP contribution in [0.3, 0.4) is 0 Å². The van der Waals surface area contributed by atoms with Gasteiger partial charge in [-0.3, -0.25) is 14.2 Å². The molecule has 5 nitrogen and oxygen atoms in total. The summed E-state index contributed by atoms with van der Waals surface area (Å²) >= 11 is 3.35. The molecule has 26 heavy (non-hydrogen) atoms. The van der Waals surface area contributed by atoms with Gasteiger partial charge in [0.05, 0.1) is 17.2 Å². The number of benzene rings is 2. The first-order valence-electron chi connectivity index (χ1n) is 8.29. The van der Waals surface area contributed by atoms with Gasteiger partial charge in [-0.15, -0.1) is 0 Å². The summed E-state index contributed by atoms with van der Waals surface area (Å²) in [4.78, 5) is 29.1. The minimum Gasteiger partial charge on any atom is -0.325 e. The number of hydrogen-bond acceptors (Lipinski definition) is 3. The number of amides is 1. The molecule has 1 aromatic heterocycles. The third-order valence-electron chi connectivity index (χ3n) is 4.13. The fraction of sp³-hybridized carbons (Fsp3) is 0.250. The molecule has 6 heteroatoms. The van der Waals surface area contributed by atoms with Crippen LogP contribution in [0.1, 0.15) is 26.3 Å². The van der Waals surface area contributed by atoms with Gasteiger partial charge in [-0.05, 0) is 41.3 Å². The summed E-state index contributed by atoms with van der Waals surface area (Å²) in [5.74, 6) is -0.272. The summed E-state index contributed by atoms with van der Waals surface area (Å²) in [5.41, 5.74) is 2.31. The molecule has 3 aromatic rings. The van der Waals surface area contributed by atoms with E-state index in [1.807, 2.05) is 30.3 Å². The Bertz CT molecular complexity index is 1020. The van der Waals surface area contributed by atoms with Gasteiger partial charge >= 0.3 is 0 Å². The highest BCUT2D eigenvalue weighted by atomic mass is 79.9. The average molecular weight is 414 g/mol. The van der Waals surface area contributed by atoms with Crippen LogP contribution in [0, 0.1) is 0 Å². The van der Waals surface area contributed by atoms with Gasteiger partial charge in [-0.1, -0.05) is 48.8 Å². The molecule has 0 saturated heterocycles. The van der Waals surface area contributed by atoms with Crippen LogP contribution in [0.5, 0.6) is 0 Å². The number of carbonyl (C=O) groups excluding carboxylic acids is 1.